The Hall–Kier alpha value is -0.340. The summed E-state index contributed by atoms with van der Waals surface area (Å²) in [6.45, 7) is 0. The minimum absolute atomic E-state index is 0.588. The number of hydrogen-bond acceptors (Lipinski definition) is 2. The largest absolute Gasteiger partial charge is 0.275 e. The summed E-state index contributed by atoms with van der Waals surface area (Å²) in [5.74, 6) is 0. The predicted molar refractivity (Wildman–Crippen MR) is 42.6 cm³/mol. The molecule has 0 saturated carbocycles. The van der Waals surface area contributed by atoms with Crippen molar-refractivity contribution in [2.24, 2.45) is 4.99 Å². The molecule has 0 radical (unpaired) electrons. The molecule has 0 saturated heterocycles. The molecule has 0 bridgehead atoms. The van der Waals surface area contributed by atoms with Gasteiger partial charge < -0.3 is 0 Å². The van der Waals surface area contributed by atoms with Crippen molar-refractivity contribution < 1.29 is 0 Å². The maximum Gasteiger partial charge on any atom is 0.140 e. The Morgan fingerprint density at radius 2 is 2.56 bits per heavy atom. The molecular weight excluding hydrogens is 154 g/mol. The molecule has 0 atom stereocenters. The normalized spacial score (nSPS) is 12.0. The van der Waals surface area contributed by atoms with Gasteiger partial charge in [0.1, 0.15) is 5.17 Å². The highest BCUT2D eigenvalue weighted by Gasteiger charge is 1.96. The molecule has 0 amide bonds. The average Bonchev–Trinajstić information content (AvgIpc) is 2.37. The summed E-state index contributed by atoms with van der Waals surface area (Å²) in [5, 5.41) is 2.56. The van der Waals surface area contributed by atoms with Gasteiger partial charge in [0.25, 0.3) is 0 Å². The number of aliphatic imine (C=N–C) groups is 1. The fourth-order valence-electron chi connectivity index (χ4n) is 0.506. The highest BCUT2D eigenvalue weighted by molar-refractivity contribution is 7.14. The third-order valence-corrected chi connectivity index (χ3v) is 2.28. The van der Waals surface area contributed by atoms with Crippen LogP contribution in [0.1, 0.15) is 4.88 Å². The maximum atomic E-state index is 5.69. The standard InChI is InChI=1S/C6H6ClNS/c1-8-6(7)5-3-2-4-9-5/h2-4H,1H3. The van der Waals surface area contributed by atoms with E-state index < -0.39 is 0 Å². The van der Waals surface area contributed by atoms with Crippen LogP contribution in [0.2, 0.25) is 0 Å². The van der Waals surface area contributed by atoms with Gasteiger partial charge in [-0.2, -0.15) is 0 Å². The van der Waals surface area contributed by atoms with Crippen molar-refractivity contribution in [1.29, 1.82) is 0 Å². The lowest BCUT2D eigenvalue weighted by molar-refractivity contribution is 1.46. The minimum atomic E-state index is 0.588. The zero-order valence-electron chi connectivity index (χ0n) is 4.97. The lowest BCUT2D eigenvalue weighted by Gasteiger charge is -1.86. The zero-order chi connectivity index (χ0) is 6.69. The number of nitrogens with zero attached hydrogens (tertiary/aromatic N) is 1. The SMILES string of the molecule is CN=C(Cl)c1cccs1. The molecule has 0 aromatic carbocycles. The molecule has 3 heteroatoms. The van der Waals surface area contributed by atoms with Gasteiger partial charge in [0.15, 0.2) is 0 Å². The fourth-order valence-corrected chi connectivity index (χ4v) is 1.35. The van der Waals surface area contributed by atoms with Crippen LogP contribution in [0.4, 0.5) is 0 Å². The van der Waals surface area contributed by atoms with Crippen molar-refractivity contribution in [3.63, 3.8) is 0 Å². The number of halogens is 1. The zero-order valence-corrected chi connectivity index (χ0v) is 6.54. The molecule has 1 rings (SSSR count). The Kier molecular flexibility index (Phi) is 2.25. The fraction of sp³-hybridized carbons (Fsp3) is 0.167. The summed E-state index contributed by atoms with van der Waals surface area (Å²) < 4.78 is 0. The van der Waals surface area contributed by atoms with Gasteiger partial charge in [-0.25, -0.2) is 0 Å². The van der Waals surface area contributed by atoms with Crippen molar-refractivity contribution in [3.8, 4) is 0 Å². The summed E-state index contributed by atoms with van der Waals surface area (Å²) in [6.07, 6.45) is 0. The average molecular weight is 160 g/mol. The van der Waals surface area contributed by atoms with Crippen LogP contribution < -0.4 is 0 Å². The number of hydrogen-bond donors (Lipinski definition) is 0. The lowest BCUT2D eigenvalue weighted by Crippen LogP contribution is -1.82. The molecule has 1 aromatic rings. The van der Waals surface area contributed by atoms with Crippen LogP contribution in [0.3, 0.4) is 0 Å². The molecule has 0 unspecified atom stereocenters. The van der Waals surface area contributed by atoms with Gasteiger partial charge in [0.05, 0.1) is 4.88 Å². The highest BCUT2D eigenvalue weighted by atomic mass is 35.5. The molecular formula is C6H6ClNS. The van der Waals surface area contributed by atoms with Crippen molar-refractivity contribution in [2.45, 2.75) is 0 Å². The summed E-state index contributed by atoms with van der Waals surface area (Å²) in [6, 6.07) is 3.90. The van der Waals surface area contributed by atoms with Gasteiger partial charge in [-0.05, 0) is 11.4 Å². The van der Waals surface area contributed by atoms with Gasteiger partial charge in [-0.15, -0.1) is 11.3 Å². The van der Waals surface area contributed by atoms with E-state index in [4.69, 9.17) is 11.6 Å². The van der Waals surface area contributed by atoms with Crippen molar-refractivity contribution >= 4 is 28.1 Å². The Morgan fingerprint density at radius 1 is 1.78 bits per heavy atom. The van der Waals surface area contributed by atoms with Crippen molar-refractivity contribution in [2.75, 3.05) is 7.05 Å². The Morgan fingerprint density at radius 3 is 3.00 bits per heavy atom. The van der Waals surface area contributed by atoms with Crippen molar-refractivity contribution in [3.05, 3.63) is 22.4 Å². The Bertz CT molecular complexity index is 203. The third kappa shape index (κ3) is 1.53. The Balaban J connectivity index is 2.90. The summed E-state index contributed by atoms with van der Waals surface area (Å²) in [4.78, 5) is 4.85. The topological polar surface area (TPSA) is 12.4 Å². The quantitative estimate of drug-likeness (QED) is 0.558. The first-order chi connectivity index (χ1) is 4.34. The molecule has 0 aliphatic carbocycles. The summed E-state index contributed by atoms with van der Waals surface area (Å²) >= 11 is 7.29. The molecule has 0 aliphatic heterocycles. The van der Waals surface area contributed by atoms with Crippen LogP contribution in [0.5, 0.6) is 0 Å². The highest BCUT2D eigenvalue weighted by Crippen LogP contribution is 2.11. The number of thiophene rings is 1. The van der Waals surface area contributed by atoms with E-state index in [-0.39, 0.29) is 0 Å². The molecule has 9 heavy (non-hydrogen) atoms. The van der Waals surface area contributed by atoms with E-state index in [2.05, 4.69) is 4.99 Å². The van der Waals surface area contributed by atoms with Gasteiger partial charge in [-0.1, -0.05) is 17.7 Å². The van der Waals surface area contributed by atoms with Crippen LogP contribution in [-0.2, 0) is 0 Å². The second-order valence-electron chi connectivity index (χ2n) is 1.49. The van der Waals surface area contributed by atoms with E-state index in [1.54, 1.807) is 18.4 Å². The Labute approximate surface area is 63.0 Å². The van der Waals surface area contributed by atoms with Gasteiger partial charge >= 0.3 is 0 Å². The smallest absolute Gasteiger partial charge is 0.140 e. The van der Waals surface area contributed by atoms with Crippen LogP contribution in [0.15, 0.2) is 22.5 Å². The van der Waals surface area contributed by atoms with E-state index in [9.17, 15) is 0 Å². The number of rotatable bonds is 1. The van der Waals surface area contributed by atoms with Gasteiger partial charge in [0, 0.05) is 7.05 Å². The molecule has 1 nitrogen and oxygen atoms in total. The predicted octanol–water partition coefficient (Wildman–Crippen LogP) is 2.36. The van der Waals surface area contributed by atoms with E-state index in [1.165, 1.54) is 0 Å². The molecule has 0 N–H and O–H groups in total. The maximum absolute atomic E-state index is 5.69. The van der Waals surface area contributed by atoms with E-state index in [0.717, 1.165) is 4.88 Å². The molecule has 48 valence electrons. The van der Waals surface area contributed by atoms with Crippen LogP contribution in [0.25, 0.3) is 0 Å². The van der Waals surface area contributed by atoms with E-state index in [1.807, 2.05) is 17.5 Å². The minimum Gasteiger partial charge on any atom is -0.275 e. The summed E-state index contributed by atoms with van der Waals surface area (Å²) in [7, 11) is 1.68. The molecule has 1 aromatic heterocycles. The molecule has 0 spiro atoms. The second kappa shape index (κ2) is 2.99. The first-order valence-corrected chi connectivity index (χ1v) is 3.76. The van der Waals surface area contributed by atoms with Crippen LogP contribution in [0, 0.1) is 0 Å². The molecule has 1 heterocycles. The van der Waals surface area contributed by atoms with Crippen LogP contribution in [-0.4, -0.2) is 12.2 Å². The van der Waals surface area contributed by atoms with E-state index >= 15 is 0 Å². The second-order valence-corrected chi connectivity index (χ2v) is 2.80. The van der Waals surface area contributed by atoms with Gasteiger partial charge in [0.2, 0.25) is 0 Å². The van der Waals surface area contributed by atoms with Crippen molar-refractivity contribution in [1.82, 2.24) is 0 Å². The first kappa shape index (κ1) is 6.78. The lowest BCUT2D eigenvalue weighted by atomic mass is 10.5. The van der Waals surface area contributed by atoms with E-state index in [0.29, 0.717) is 5.17 Å². The monoisotopic (exact) mass is 159 g/mol. The summed E-state index contributed by atoms with van der Waals surface area (Å²) in [5.41, 5.74) is 0. The molecule has 0 fully saturated rings. The van der Waals surface area contributed by atoms with Gasteiger partial charge in [-0.3, -0.25) is 4.99 Å². The first-order valence-electron chi connectivity index (χ1n) is 2.50. The third-order valence-electron chi connectivity index (χ3n) is 0.921. The van der Waals surface area contributed by atoms with Crippen LogP contribution >= 0.6 is 22.9 Å². The molecule has 0 aliphatic rings.